The van der Waals surface area contributed by atoms with Crippen molar-refractivity contribution in [2.75, 3.05) is 13.1 Å². The molecule has 29 heavy (non-hydrogen) atoms. The first-order valence-corrected chi connectivity index (χ1v) is 10.0. The third-order valence-corrected chi connectivity index (χ3v) is 6.02. The molecule has 2 aromatic carbocycles. The Morgan fingerprint density at radius 1 is 1.21 bits per heavy atom. The Morgan fingerprint density at radius 2 is 2.00 bits per heavy atom. The molecular formula is C23H23FN4O. The average molecular weight is 390 g/mol. The first kappa shape index (κ1) is 17.9. The van der Waals surface area contributed by atoms with Gasteiger partial charge in [-0.25, -0.2) is 9.37 Å². The van der Waals surface area contributed by atoms with Gasteiger partial charge in [-0.1, -0.05) is 18.2 Å². The number of carbonyl (C=O) groups is 1. The molecule has 3 heterocycles. The van der Waals surface area contributed by atoms with Gasteiger partial charge in [0.15, 0.2) is 0 Å². The highest BCUT2D eigenvalue weighted by Gasteiger charge is 2.26. The number of nitrogens with one attached hydrogen (secondary N) is 1. The average Bonchev–Trinajstić information content (AvgIpc) is 3.29. The number of hydrogen-bond donors (Lipinski definition) is 1. The topological polar surface area (TPSA) is 53.9 Å². The molecule has 2 aromatic heterocycles. The number of amides is 1. The number of carbonyl (C=O) groups excluding carboxylic acids is 1. The molecule has 0 unspecified atom stereocenters. The third-order valence-electron chi connectivity index (χ3n) is 6.02. The van der Waals surface area contributed by atoms with Crippen LogP contribution in [-0.4, -0.2) is 38.4 Å². The zero-order valence-corrected chi connectivity index (χ0v) is 16.4. The van der Waals surface area contributed by atoms with Crippen molar-refractivity contribution >= 4 is 27.8 Å². The van der Waals surface area contributed by atoms with Crippen molar-refractivity contribution in [3.63, 3.8) is 0 Å². The number of halogens is 1. The molecule has 0 bridgehead atoms. The summed E-state index contributed by atoms with van der Waals surface area (Å²) in [6.45, 7) is 1.44. The van der Waals surface area contributed by atoms with Gasteiger partial charge < -0.3 is 14.5 Å². The summed E-state index contributed by atoms with van der Waals surface area (Å²) in [5.41, 5.74) is 3.75. The number of H-pyrrole nitrogens is 1. The molecular weight excluding hydrogens is 367 g/mol. The van der Waals surface area contributed by atoms with Crippen LogP contribution in [-0.2, 0) is 18.3 Å². The number of aromatic amines is 1. The number of rotatable bonds is 3. The first-order chi connectivity index (χ1) is 14.1. The minimum absolute atomic E-state index is 0.173. The summed E-state index contributed by atoms with van der Waals surface area (Å²) in [5.74, 6) is 1.08. The van der Waals surface area contributed by atoms with Gasteiger partial charge in [-0.2, -0.15) is 0 Å². The van der Waals surface area contributed by atoms with Crippen molar-refractivity contribution in [1.82, 2.24) is 19.4 Å². The van der Waals surface area contributed by atoms with Crippen LogP contribution >= 0.6 is 0 Å². The molecule has 0 saturated carbocycles. The number of hydrogen-bond acceptors (Lipinski definition) is 2. The van der Waals surface area contributed by atoms with E-state index in [1.54, 1.807) is 6.07 Å². The lowest BCUT2D eigenvalue weighted by Crippen LogP contribution is -2.38. The van der Waals surface area contributed by atoms with E-state index in [4.69, 9.17) is 0 Å². The molecule has 1 aliphatic rings. The van der Waals surface area contributed by atoms with Crippen molar-refractivity contribution in [2.45, 2.75) is 25.2 Å². The van der Waals surface area contributed by atoms with Gasteiger partial charge >= 0.3 is 0 Å². The number of imidazole rings is 1. The van der Waals surface area contributed by atoms with Gasteiger partial charge in [0.25, 0.3) is 0 Å². The maximum atomic E-state index is 13.4. The van der Waals surface area contributed by atoms with Crippen LogP contribution in [0.3, 0.4) is 0 Å². The Bertz CT molecular complexity index is 1200. The van der Waals surface area contributed by atoms with Gasteiger partial charge in [0.1, 0.15) is 11.6 Å². The summed E-state index contributed by atoms with van der Waals surface area (Å²) >= 11 is 0. The Hall–Kier alpha value is -3.15. The molecule has 1 saturated heterocycles. The second kappa shape index (κ2) is 7.03. The van der Waals surface area contributed by atoms with Crippen LogP contribution < -0.4 is 0 Å². The Kier molecular flexibility index (Phi) is 4.34. The molecule has 5 nitrogen and oxygen atoms in total. The van der Waals surface area contributed by atoms with E-state index in [0.717, 1.165) is 59.3 Å². The summed E-state index contributed by atoms with van der Waals surface area (Å²) in [5, 5.41) is 1.15. The van der Waals surface area contributed by atoms with E-state index in [0.29, 0.717) is 6.42 Å². The second-order valence-electron chi connectivity index (χ2n) is 7.90. The number of benzene rings is 2. The van der Waals surface area contributed by atoms with Gasteiger partial charge in [0, 0.05) is 43.2 Å². The first-order valence-electron chi connectivity index (χ1n) is 10.0. The maximum absolute atomic E-state index is 13.4. The quantitative estimate of drug-likeness (QED) is 0.572. The Labute approximate surface area is 168 Å². The number of aryl methyl sites for hydroxylation is 1. The van der Waals surface area contributed by atoms with Crippen molar-refractivity contribution in [1.29, 1.82) is 0 Å². The lowest BCUT2D eigenvalue weighted by atomic mass is 9.95. The highest BCUT2D eigenvalue weighted by atomic mass is 19.1. The van der Waals surface area contributed by atoms with Gasteiger partial charge in [-0.3, -0.25) is 4.79 Å². The van der Waals surface area contributed by atoms with Gasteiger partial charge in [0.05, 0.1) is 17.5 Å². The smallest absolute Gasteiger partial charge is 0.227 e. The fourth-order valence-electron chi connectivity index (χ4n) is 4.44. The summed E-state index contributed by atoms with van der Waals surface area (Å²) < 4.78 is 15.5. The standard InChI is InChI=1S/C23H23FN4O/c1-27-14-16(18-4-2-3-5-21(18)27)12-22(29)28-10-8-15(9-11-28)23-25-19-7-6-17(24)13-20(19)26-23/h2-7,13-15H,8-12H2,1H3,(H,25,26). The van der Waals surface area contributed by atoms with E-state index >= 15 is 0 Å². The lowest BCUT2D eigenvalue weighted by molar-refractivity contribution is -0.131. The molecule has 1 aliphatic heterocycles. The summed E-state index contributed by atoms with van der Waals surface area (Å²) in [6.07, 6.45) is 4.21. The molecule has 148 valence electrons. The van der Waals surface area contributed by atoms with E-state index < -0.39 is 0 Å². The summed E-state index contributed by atoms with van der Waals surface area (Å²) in [4.78, 5) is 22.7. The van der Waals surface area contributed by atoms with Crippen LogP contribution in [0.2, 0.25) is 0 Å². The minimum Gasteiger partial charge on any atom is -0.350 e. The van der Waals surface area contributed by atoms with Crippen molar-refractivity contribution in [3.05, 3.63) is 65.9 Å². The molecule has 6 heteroatoms. The van der Waals surface area contributed by atoms with Gasteiger partial charge in [-0.05, 0) is 42.7 Å². The van der Waals surface area contributed by atoms with E-state index in [2.05, 4.69) is 32.9 Å². The van der Waals surface area contributed by atoms with E-state index in [-0.39, 0.29) is 17.6 Å². The van der Waals surface area contributed by atoms with Gasteiger partial charge in [0.2, 0.25) is 5.91 Å². The zero-order valence-electron chi connectivity index (χ0n) is 16.4. The second-order valence-corrected chi connectivity index (χ2v) is 7.90. The molecule has 0 aliphatic carbocycles. The zero-order chi connectivity index (χ0) is 20.0. The summed E-state index contributed by atoms with van der Waals surface area (Å²) in [7, 11) is 2.01. The Morgan fingerprint density at radius 3 is 2.83 bits per heavy atom. The summed E-state index contributed by atoms with van der Waals surface area (Å²) in [6, 6.07) is 12.8. The molecule has 0 spiro atoms. The Balaban J connectivity index is 1.26. The number of fused-ring (bicyclic) bond motifs is 2. The molecule has 4 aromatic rings. The molecule has 0 atom stereocenters. The van der Waals surface area contributed by atoms with E-state index in [1.807, 2.05) is 24.1 Å². The molecule has 1 N–H and O–H groups in total. The van der Waals surface area contributed by atoms with E-state index in [1.165, 1.54) is 12.1 Å². The predicted molar refractivity (Wildman–Crippen MR) is 111 cm³/mol. The van der Waals surface area contributed by atoms with Crippen LogP contribution in [0.5, 0.6) is 0 Å². The predicted octanol–water partition coefficient (Wildman–Crippen LogP) is 4.14. The lowest BCUT2D eigenvalue weighted by Gasteiger charge is -2.31. The van der Waals surface area contributed by atoms with E-state index in [9.17, 15) is 9.18 Å². The van der Waals surface area contributed by atoms with Crippen molar-refractivity contribution in [3.8, 4) is 0 Å². The fraction of sp³-hybridized carbons (Fsp3) is 0.304. The van der Waals surface area contributed by atoms with Gasteiger partial charge in [-0.15, -0.1) is 0 Å². The largest absolute Gasteiger partial charge is 0.350 e. The SMILES string of the molecule is Cn1cc(CC(=O)N2CCC(c3nc4ccc(F)cc4[nH]3)CC2)c2ccccc21. The number of likely N-dealkylation sites (tertiary alicyclic amines) is 1. The highest BCUT2D eigenvalue weighted by molar-refractivity contribution is 5.89. The fourth-order valence-corrected chi connectivity index (χ4v) is 4.44. The van der Waals surface area contributed by atoms with Crippen LogP contribution in [0.4, 0.5) is 4.39 Å². The maximum Gasteiger partial charge on any atom is 0.227 e. The van der Waals surface area contributed by atoms with Crippen molar-refractivity contribution < 1.29 is 9.18 Å². The molecule has 0 radical (unpaired) electrons. The molecule has 1 amide bonds. The third kappa shape index (κ3) is 3.28. The minimum atomic E-state index is -0.262. The van der Waals surface area contributed by atoms with Crippen LogP contribution in [0, 0.1) is 5.82 Å². The normalized spacial score (nSPS) is 15.4. The molecule has 5 rings (SSSR count). The number of piperidine rings is 1. The number of aromatic nitrogens is 3. The van der Waals surface area contributed by atoms with Crippen LogP contribution in [0.25, 0.3) is 21.9 Å². The van der Waals surface area contributed by atoms with Crippen LogP contribution in [0.15, 0.2) is 48.7 Å². The van der Waals surface area contributed by atoms with Crippen LogP contribution in [0.1, 0.15) is 30.1 Å². The monoisotopic (exact) mass is 390 g/mol. The highest BCUT2D eigenvalue weighted by Crippen LogP contribution is 2.29. The van der Waals surface area contributed by atoms with Crippen molar-refractivity contribution in [2.24, 2.45) is 7.05 Å². The number of nitrogens with zero attached hydrogens (tertiary/aromatic N) is 3. The number of para-hydroxylation sites is 1. The molecule has 1 fully saturated rings.